The van der Waals surface area contributed by atoms with Crippen LogP contribution < -0.4 is 0 Å². The van der Waals surface area contributed by atoms with Crippen LogP contribution in [-0.4, -0.2) is 14.8 Å². The van der Waals surface area contributed by atoms with Gasteiger partial charge in [-0.1, -0.05) is 20.8 Å². The predicted molar refractivity (Wildman–Crippen MR) is 54.8 cm³/mol. The Labute approximate surface area is 91.3 Å². The first kappa shape index (κ1) is 12.8. The fourth-order valence-corrected chi connectivity index (χ4v) is 1.06. The highest BCUT2D eigenvalue weighted by molar-refractivity contribution is 9.10. The molecule has 0 spiro atoms. The smallest absolute Gasteiger partial charge is 0.197 e. The zero-order chi connectivity index (χ0) is 9.35. The maximum Gasteiger partial charge on any atom is 0.197 e. The number of aromatic nitrogens is 3. The van der Waals surface area contributed by atoms with E-state index in [9.17, 15) is 4.39 Å². The molecule has 0 bridgehead atoms. The molecule has 0 aliphatic carbocycles. The monoisotopic (exact) mass is 271 g/mol. The Morgan fingerprint density at radius 1 is 1.46 bits per heavy atom. The predicted octanol–water partition coefficient (Wildman–Crippen LogP) is 2.69. The molecule has 0 N–H and O–H groups in total. The third-order valence-corrected chi connectivity index (χ3v) is 2.00. The second-order valence-corrected chi connectivity index (χ2v) is 4.28. The molecule has 0 aromatic carbocycles. The Kier molecular flexibility index (Phi) is 4.32. The number of hydrogen-bond donors (Lipinski definition) is 0. The van der Waals surface area contributed by atoms with Crippen LogP contribution in [0.1, 0.15) is 26.6 Å². The Bertz CT molecular complexity index is 282. The van der Waals surface area contributed by atoms with Crippen molar-refractivity contribution in [2.75, 3.05) is 0 Å². The van der Waals surface area contributed by atoms with Crippen LogP contribution in [0.4, 0.5) is 4.39 Å². The lowest BCUT2D eigenvalue weighted by molar-refractivity contribution is 0.340. The average molecular weight is 273 g/mol. The zero-order valence-corrected chi connectivity index (χ0v) is 10.1. The van der Waals surface area contributed by atoms with Gasteiger partial charge in [0.2, 0.25) is 0 Å². The number of nitrogens with zero attached hydrogens (tertiary/aromatic N) is 3. The molecule has 0 atom stereocenters. The number of halogens is 3. The van der Waals surface area contributed by atoms with Gasteiger partial charge in [0.15, 0.2) is 17.4 Å². The van der Waals surface area contributed by atoms with Crippen LogP contribution in [-0.2, 0) is 12.2 Å². The summed E-state index contributed by atoms with van der Waals surface area (Å²) in [5, 5.41) is 3.98. The number of alkyl halides is 1. The fraction of sp³-hybridized carbons (Fsp3) is 0.714. The van der Waals surface area contributed by atoms with Crippen LogP contribution in [0.25, 0.3) is 0 Å². The summed E-state index contributed by atoms with van der Waals surface area (Å²) in [5.74, 6) is 0.645. The summed E-state index contributed by atoms with van der Waals surface area (Å²) < 4.78 is 13.8. The second kappa shape index (κ2) is 4.37. The average Bonchev–Trinajstić information content (AvgIpc) is 2.29. The van der Waals surface area contributed by atoms with Crippen molar-refractivity contribution >= 4 is 28.3 Å². The highest BCUT2D eigenvalue weighted by atomic mass is 79.9. The van der Waals surface area contributed by atoms with E-state index in [1.807, 2.05) is 20.8 Å². The van der Waals surface area contributed by atoms with Crippen LogP contribution in [0.15, 0.2) is 4.73 Å². The van der Waals surface area contributed by atoms with Gasteiger partial charge < -0.3 is 0 Å². The Morgan fingerprint density at radius 2 is 2.00 bits per heavy atom. The third-order valence-electron chi connectivity index (χ3n) is 1.41. The van der Waals surface area contributed by atoms with Gasteiger partial charge in [-0.05, 0) is 15.9 Å². The highest BCUT2D eigenvalue weighted by Crippen LogP contribution is 2.20. The van der Waals surface area contributed by atoms with E-state index in [2.05, 4.69) is 26.0 Å². The maximum absolute atomic E-state index is 12.2. The molecule has 3 nitrogen and oxygen atoms in total. The van der Waals surface area contributed by atoms with Gasteiger partial charge in [-0.25, -0.2) is 14.1 Å². The van der Waals surface area contributed by atoms with Gasteiger partial charge in [0.25, 0.3) is 0 Å². The molecule has 0 saturated heterocycles. The zero-order valence-electron chi connectivity index (χ0n) is 7.71. The lowest BCUT2D eigenvalue weighted by atomic mass is 9.96. The molecule has 13 heavy (non-hydrogen) atoms. The minimum absolute atomic E-state index is 0. The molecule has 1 aromatic heterocycles. The van der Waals surface area contributed by atoms with Crippen molar-refractivity contribution in [3.8, 4) is 0 Å². The lowest BCUT2D eigenvalue weighted by Crippen LogP contribution is -2.14. The molecule has 0 aliphatic heterocycles. The van der Waals surface area contributed by atoms with E-state index in [0.717, 1.165) is 0 Å². The first-order valence-corrected chi connectivity index (χ1v) is 4.41. The molecule has 1 rings (SSSR count). The lowest BCUT2D eigenvalue weighted by Gasteiger charge is -2.11. The largest absolute Gasteiger partial charge is 0.225 e. The van der Waals surface area contributed by atoms with Gasteiger partial charge in [0, 0.05) is 5.41 Å². The van der Waals surface area contributed by atoms with Crippen molar-refractivity contribution in [3.63, 3.8) is 0 Å². The van der Waals surface area contributed by atoms with E-state index < -0.39 is 6.80 Å². The van der Waals surface area contributed by atoms with Gasteiger partial charge in [0.05, 0.1) is 0 Å². The topological polar surface area (TPSA) is 30.7 Å². The Balaban J connectivity index is 0.00000144. The van der Waals surface area contributed by atoms with E-state index in [-0.39, 0.29) is 17.8 Å². The molecule has 76 valence electrons. The summed E-state index contributed by atoms with van der Waals surface area (Å²) in [4.78, 5) is 4.08. The van der Waals surface area contributed by atoms with Crippen molar-refractivity contribution in [2.24, 2.45) is 0 Å². The molecule has 0 unspecified atom stereocenters. The van der Waals surface area contributed by atoms with Crippen molar-refractivity contribution in [1.82, 2.24) is 14.8 Å². The highest BCUT2D eigenvalue weighted by Gasteiger charge is 2.20. The van der Waals surface area contributed by atoms with E-state index >= 15 is 0 Å². The fourth-order valence-electron chi connectivity index (χ4n) is 0.717. The summed E-state index contributed by atoms with van der Waals surface area (Å²) in [6.45, 7) is 5.30. The van der Waals surface area contributed by atoms with Crippen molar-refractivity contribution in [2.45, 2.75) is 33.0 Å². The molecule has 1 heterocycles. The summed E-state index contributed by atoms with van der Waals surface area (Å²) in [6.07, 6.45) is 0. The van der Waals surface area contributed by atoms with E-state index in [4.69, 9.17) is 0 Å². The molecular formula is C7H12BrClFN3. The van der Waals surface area contributed by atoms with Crippen molar-refractivity contribution < 1.29 is 4.39 Å². The quantitative estimate of drug-likeness (QED) is 0.787. The summed E-state index contributed by atoms with van der Waals surface area (Å²) in [5.41, 5.74) is -0.136. The molecule has 6 heteroatoms. The molecule has 1 aromatic rings. The van der Waals surface area contributed by atoms with Crippen molar-refractivity contribution in [3.05, 3.63) is 10.6 Å². The van der Waals surface area contributed by atoms with Gasteiger partial charge in [-0.2, -0.15) is 5.10 Å². The summed E-state index contributed by atoms with van der Waals surface area (Å²) >= 11 is 3.12. The van der Waals surface area contributed by atoms with Gasteiger partial charge in [-0.15, -0.1) is 12.4 Å². The number of rotatable bonds is 1. The second-order valence-electron chi connectivity index (χ2n) is 3.57. The van der Waals surface area contributed by atoms with Crippen LogP contribution >= 0.6 is 28.3 Å². The van der Waals surface area contributed by atoms with Gasteiger partial charge in [-0.3, -0.25) is 0 Å². The van der Waals surface area contributed by atoms with Crippen LogP contribution in [0.2, 0.25) is 0 Å². The Hall–Kier alpha value is -0.160. The molecule has 0 fully saturated rings. The third kappa shape index (κ3) is 2.91. The van der Waals surface area contributed by atoms with Crippen LogP contribution in [0, 0.1) is 0 Å². The Morgan fingerprint density at radius 3 is 2.23 bits per heavy atom. The summed E-state index contributed by atoms with van der Waals surface area (Å²) in [7, 11) is 0. The maximum atomic E-state index is 12.2. The molecule has 0 amide bonds. The summed E-state index contributed by atoms with van der Waals surface area (Å²) in [6, 6.07) is 0. The van der Waals surface area contributed by atoms with Gasteiger partial charge in [0.1, 0.15) is 0 Å². The van der Waals surface area contributed by atoms with Crippen LogP contribution in [0.3, 0.4) is 0 Å². The number of hydrogen-bond acceptors (Lipinski definition) is 2. The standard InChI is InChI=1S/C7H11BrFN3.ClH/c1-7(2,3)5-10-6(8)12(4-9)11-5;/h4H2,1-3H3;1H. The van der Waals surface area contributed by atoms with Crippen LogP contribution in [0.5, 0.6) is 0 Å². The first-order chi connectivity index (χ1) is 5.45. The minimum atomic E-state index is -0.649. The molecule has 0 radical (unpaired) electrons. The first-order valence-electron chi connectivity index (χ1n) is 3.62. The van der Waals surface area contributed by atoms with Gasteiger partial charge >= 0.3 is 0 Å². The van der Waals surface area contributed by atoms with E-state index in [1.54, 1.807) is 0 Å². The van der Waals surface area contributed by atoms with E-state index in [0.29, 0.717) is 10.6 Å². The molecule has 0 aliphatic rings. The van der Waals surface area contributed by atoms with Crippen molar-refractivity contribution in [1.29, 1.82) is 0 Å². The SMILES string of the molecule is CC(C)(C)c1nc(Br)n(CF)n1.Cl. The molecular weight excluding hydrogens is 260 g/mol. The molecule has 0 saturated carbocycles. The normalized spacial score (nSPS) is 11.2. The minimum Gasteiger partial charge on any atom is -0.225 e. The van der Waals surface area contributed by atoms with E-state index in [1.165, 1.54) is 4.68 Å².